The SMILES string of the molecule is OCC(F)(F)CN1CCN(c2ncncc2Cl)CC1. The molecule has 8 heteroatoms. The number of halogens is 3. The first kappa shape index (κ1) is 14.4. The maximum atomic E-state index is 13.1. The van der Waals surface area contributed by atoms with Crippen LogP contribution in [0.5, 0.6) is 0 Å². The molecule has 0 atom stereocenters. The quantitative estimate of drug-likeness (QED) is 0.893. The van der Waals surface area contributed by atoms with Crippen LogP contribution < -0.4 is 4.90 Å². The van der Waals surface area contributed by atoms with Crippen LogP contribution in [0.1, 0.15) is 0 Å². The molecule has 19 heavy (non-hydrogen) atoms. The maximum absolute atomic E-state index is 13.1. The van der Waals surface area contributed by atoms with Crippen molar-refractivity contribution in [2.24, 2.45) is 0 Å². The molecule has 1 aromatic heterocycles. The predicted octanol–water partition coefficient (Wildman–Crippen LogP) is 0.880. The van der Waals surface area contributed by atoms with E-state index in [0.29, 0.717) is 37.0 Å². The van der Waals surface area contributed by atoms with E-state index in [1.807, 2.05) is 4.90 Å². The van der Waals surface area contributed by atoms with E-state index >= 15 is 0 Å². The van der Waals surface area contributed by atoms with Gasteiger partial charge < -0.3 is 10.0 Å². The van der Waals surface area contributed by atoms with Gasteiger partial charge >= 0.3 is 0 Å². The van der Waals surface area contributed by atoms with Crippen LogP contribution in [-0.4, -0.2) is 65.2 Å². The van der Waals surface area contributed by atoms with Crippen molar-refractivity contribution in [2.75, 3.05) is 44.2 Å². The smallest absolute Gasteiger partial charge is 0.283 e. The Kier molecular flexibility index (Phi) is 4.49. The summed E-state index contributed by atoms with van der Waals surface area (Å²) in [4.78, 5) is 11.5. The van der Waals surface area contributed by atoms with E-state index in [-0.39, 0.29) is 0 Å². The van der Waals surface area contributed by atoms with E-state index < -0.39 is 19.1 Å². The first-order chi connectivity index (χ1) is 9.02. The number of nitrogens with zero attached hydrogens (tertiary/aromatic N) is 4. The number of aliphatic hydroxyl groups is 1. The van der Waals surface area contributed by atoms with Crippen molar-refractivity contribution in [3.05, 3.63) is 17.5 Å². The van der Waals surface area contributed by atoms with Crippen LogP contribution in [-0.2, 0) is 0 Å². The highest BCUT2D eigenvalue weighted by atomic mass is 35.5. The number of anilines is 1. The van der Waals surface area contributed by atoms with Crippen molar-refractivity contribution in [1.29, 1.82) is 0 Å². The molecule has 1 aliphatic heterocycles. The minimum atomic E-state index is -3.05. The Morgan fingerprint density at radius 3 is 2.58 bits per heavy atom. The lowest BCUT2D eigenvalue weighted by Gasteiger charge is -2.36. The van der Waals surface area contributed by atoms with Crippen molar-refractivity contribution in [3.8, 4) is 0 Å². The van der Waals surface area contributed by atoms with Gasteiger partial charge in [-0.05, 0) is 0 Å². The fourth-order valence-electron chi connectivity index (χ4n) is 2.03. The summed E-state index contributed by atoms with van der Waals surface area (Å²) in [5.41, 5.74) is 0. The Hall–Kier alpha value is -1.05. The third-order valence-electron chi connectivity index (χ3n) is 3.01. The highest BCUT2D eigenvalue weighted by Gasteiger charge is 2.32. The van der Waals surface area contributed by atoms with Crippen LogP contribution in [0.25, 0.3) is 0 Å². The Balaban J connectivity index is 1.91. The molecule has 0 saturated carbocycles. The molecular formula is C11H15ClF2N4O. The second-order valence-electron chi connectivity index (χ2n) is 4.47. The number of aromatic nitrogens is 2. The summed E-state index contributed by atoms with van der Waals surface area (Å²) in [5, 5.41) is 9.02. The molecule has 2 heterocycles. The van der Waals surface area contributed by atoms with E-state index in [9.17, 15) is 8.78 Å². The summed E-state index contributed by atoms with van der Waals surface area (Å²) in [6, 6.07) is 0. The first-order valence-corrected chi connectivity index (χ1v) is 6.31. The van der Waals surface area contributed by atoms with Gasteiger partial charge in [-0.2, -0.15) is 0 Å². The molecule has 0 unspecified atom stereocenters. The van der Waals surface area contributed by atoms with Crippen molar-refractivity contribution in [3.63, 3.8) is 0 Å². The van der Waals surface area contributed by atoms with Gasteiger partial charge in [0.05, 0.1) is 12.7 Å². The molecule has 0 bridgehead atoms. The summed E-state index contributed by atoms with van der Waals surface area (Å²) in [7, 11) is 0. The van der Waals surface area contributed by atoms with Crippen LogP contribution in [0.3, 0.4) is 0 Å². The molecule has 5 nitrogen and oxygen atoms in total. The van der Waals surface area contributed by atoms with Gasteiger partial charge in [0, 0.05) is 26.2 Å². The Labute approximate surface area is 114 Å². The third-order valence-corrected chi connectivity index (χ3v) is 3.27. The average Bonchev–Trinajstić information content (AvgIpc) is 2.40. The van der Waals surface area contributed by atoms with Crippen LogP contribution in [0.15, 0.2) is 12.5 Å². The van der Waals surface area contributed by atoms with Gasteiger partial charge in [0.25, 0.3) is 5.92 Å². The monoisotopic (exact) mass is 292 g/mol. The molecule has 0 amide bonds. The normalized spacial score (nSPS) is 17.8. The van der Waals surface area contributed by atoms with E-state index in [1.54, 1.807) is 4.90 Å². The number of hydrogen-bond donors (Lipinski definition) is 1. The van der Waals surface area contributed by atoms with Gasteiger partial charge in [0.15, 0.2) is 5.82 Å². The fourth-order valence-corrected chi connectivity index (χ4v) is 2.26. The Morgan fingerprint density at radius 2 is 2.00 bits per heavy atom. The highest BCUT2D eigenvalue weighted by Crippen LogP contribution is 2.23. The molecule has 0 aromatic carbocycles. The number of hydrogen-bond acceptors (Lipinski definition) is 5. The van der Waals surface area contributed by atoms with Crippen LogP contribution in [0.4, 0.5) is 14.6 Å². The van der Waals surface area contributed by atoms with Crippen LogP contribution in [0.2, 0.25) is 5.02 Å². The zero-order valence-electron chi connectivity index (χ0n) is 10.3. The second kappa shape index (κ2) is 5.94. The van der Waals surface area contributed by atoms with Crippen molar-refractivity contribution < 1.29 is 13.9 Å². The van der Waals surface area contributed by atoms with Gasteiger partial charge in [0.2, 0.25) is 0 Å². The molecule has 106 valence electrons. The third kappa shape index (κ3) is 3.71. The van der Waals surface area contributed by atoms with E-state index in [4.69, 9.17) is 16.7 Å². The number of rotatable bonds is 4. The van der Waals surface area contributed by atoms with Gasteiger partial charge in [-0.3, -0.25) is 4.90 Å². The summed E-state index contributed by atoms with van der Waals surface area (Å²) in [6.07, 6.45) is 2.92. The van der Waals surface area contributed by atoms with E-state index in [0.717, 1.165) is 0 Å². The molecule has 1 saturated heterocycles. The number of alkyl halides is 2. The maximum Gasteiger partial charge on any atom is 0.283 e. The summed E-state index contributed by atoms with van der Waals surface area (Å²) < 4.78 is 26.1. The molecule has 0 radical (unpaired) electrons. The van der Waals surface area contributed by atoms with Gasteiger partial charge in [-0.25, -0.2) is 18.7 Å². The van der Waals surface area contributed by atoms with Gasteiger partial charge in [-0.15, -0.1) is 0 Å². The van der Waals surface area contributed by atoms with E-state index in [1.165, 1.54) is 12.5 Å². The topological polar surface area (TPSA) is 52.5 Å². The second-order valence-corrected chi connectivity index (χ2v) is 4.88. The predicted molar refractivity (Wildman–Crippen MR) is 67.7 cm³/mol. The van der Waals surface area contributed by atoms with E-state index in [2.05, 4.69) is 9.97 Å². The zero-order chi connectivity index (χ0) is 13.9. The molecule has 0 spiro atoms. The van der Waals surface area contributed by atoms with Gasteiger partial charge in [-0.1, -0.05) is 11.6 Å². The molecule has 1 aliphatic rings. The van der Waals surface area contributed by atoms with Crippen LogP contribution >= 0.6 is 11.6 Å². The molecule has 2 rings (SSSR count). The lowest BCUT2D eigenvalue weighted by molar-refractivity contribution is -0.0733. The Morgan fingerprint density at radius 1 is 1.32 bits per heavy atom. The van der Waals surface area contributed by atoms with Gasteiger partial charge in [0.1, 0.15) is 18.0 Å². The first-order valence-electron chi connectivity index (χ1n) is 5.93. The molecular weight excluding hydrogens is 278 g/mol. The number of piperazine rings is 1. The summed E-state index contributed by atoms with van der Waals surface area (Å²) in [6.45, 7) is 0.558. The lowest BCUT2D eigenvalue weighted by Crippen LogP contribution is -2.50. The molecule has 1 N–H and O–H groups in total. The van der Waals surface area contributed by atoms with Crippen molar-refractivity contribution >= 4 is 17.4 Å². The summed E-state index contributed by atoms with van der Waals surface area (Å²) in [5.74, 6) is -2.42. The average molecular weight is 293 g/mol. The molecule has 1 aromatic rings. The molecule has 1 fully saturated rings. The Bertz CT molecular complexity index is 427. The minimum absolute atomic E-state index is 0.422. The standard InChI is InChI=1S/C11H15ClF2N4O/c12-9-5-15-8-16-10(9)18-3-1-17(2-4-18)6-11(13,14)7-19/h5,8,19H,1-4,6-7H2. The minimum Gasteiger partial charge on any atom is -0.390 e. The zero-order valence-corrected chi connectivity index (χ0v) is 11.0. The van der Waals surface area contributed by atoms with Crippen molar-refractivity contribution in [2.45, 2.75) is 5.92 Å². The lowest BCUT2D eigenvalue weighted by atomic mass is 10.2. The fraction of sp³-hybridized carbons (Fsp3) is 0.636. The largest absolute Gasteiger partial charge is 0.390 e. The van der Waals surface area contributed by atoms with Crippen molar-refractivity contribution in [1.82, 2.24) is 14.9 Å². The molecule has 0 aliphatic carbocycles. The number of aliphatic hydroxyl groups excluding tert-OH is 1. The van der Waals surface area contributed by atoms with Crippen LogP contribution in [0, 0.1) is 0 Å². The highest BCUT2D eigenvalue weighted by molar-refractivity contribution is 6.32. The summed E-state index contributed by atoms with van der Waals surface area (Å²) >= 11 is 5.99.